The summed E-state index contributed by atoms with van der Waals surface area (Å²) < 4.78 is 1.81. The van der Waals surface area contributed by atoms with E-state index in [0.29, 0.717) is 6.04 Å². The van der Waals surface area contributed by atoms with E-state index in [9.17, 15) is 0 Å². The zero-order valence-electron chi connectivity index (χ0n) is 16.9. The first-order chi connectivity index (χ1) is 14.3. The van der Waals surface area contributed by atoms with Gasteiger partial charge in [0.15, 0.2) is 5.65 Å². The van der Waals surface area contributed by atoms with Crippen LogP contribution < -0.4 is 10.2 Å². The molecule has 1 fully saturated rings. The summed E-state index contributed by atoms with van der Waals surface area (Å²) in [6.45, 7) is 3.35. The average molecular weight is 421 g/mol. The molecule has 0 saturated carbocycles. The van der Waals surface area contributed by atoms with Gasteiger partial charge in [-0.15, -0.1) is 12.4 Å². The van der Waals surface area contributed by atoms with Crippen LogP contribution in [0.4, 0.5) is 17.3 Å². The average Bonchev–Trinajstić information content (AvgIpc) is 3.24. The quantitative estimate of drug-likeness (QED) is 0.483. The summed E-state index contributed by atoms with van der Waals surface area (Å²) in [6.07, 6.45) is 7.38. The Morgan fingerprint density at radius 1 is 1.03 bits per heavy atom. The summed E-state index contributed by atoms with van der Waals surface area (Å²) in [5.41, 5.74) is 3.62. The number of piperidine rings is 1. The molecule has 30 heavy (non-hydrogen) atoms. The lowest BCUT2D eigenvalue weighted by atomic mass is 10.0. The van der Waals surface area contributed by atoms with Crippen LogP contribution in [0.5, 0.6) is 0 Å². The van der Waals surface area contributed by atoms with Gasteiger partial charge >= 0.3 is 0 Å². The Kier molecular flexibility index (Phi) is 5.86. The van der Waals surface area contributed by atoms with E-state index >= 15 is 0 Å². The fourth-order valence-electron chi connectivity index (χ4n) is 3.99. The molecule has 0 amide bonds. The number of nitrogens with zero attached hydrogens (tertiary/aromatic N) is 5. The molecule has 0 bridgehead atoms. The normalized spacial score (nSPS) is 16.3. The molecule has 0 radical (unpaired) electrons. The predicted octanol–water partition coefficient (Wildman–Crippen LogP) is 5.34. The summed E-state index contributed by atoms with van der Waals surface area (Å²) in [5, 5.41) is 8.17. The van der Waals surface area contributed by atoms with E-state index in [4.69, 9.17) is 10.1 Å². The lowest BCUT2D eigenvalue weighted by molar-refractivity contribution is 0.481. The lowest BCUT2D eigenvalue weighted by Gasteiger charge is -2.34. The summed E-state index contributed by atoms with van der Waals surface area (Å²) in [6, 6.07) is 18.9. The van der Waals surface area contributed by atoms with Crippen molar-refractivity contribution in [2.75, 3.05) is 16.8 Å². The molecule has 4 aromatic rings. The van der Waals surface area contributed by atoms with Gasteiger partial charge in [-0.25, -0.2) is 14.5 Å². The van der Waals surface area contributed by atoms with Gasteiger partial charge in [-0.3, -0.25) is 0 Å². The standard InChI is InChI=1S/C23H24N6.ClH/c1-17-8-5-6-14-28(17)22-12-7-11-21(26-22)25-20-16-19(18-9-3-2-4-10-18)27-29-15-13-24-23(20)29;/h2-4,7,9-13,15-17H,5-6,8,14H2,1H3,(H,25,26);1H. The predicted molar refractivity (Wildman–Crippen MR) is 124 cm³/mol. The number of nitrogens with one attached hydrogen (secondary N) is 1. The van der Waals surface area contributed by atoms with E-state index in [1.807, 2.05) is 36.5 Å². The lowest BCUT2D eigenvalue weighted by Crippen LogP contribution is -2.37. The zero-order valence-corrected chi connectivity index (χ0v) is 17.7. The maximum atomic E-state index is 4.89. The second-order valence-corrected chi connectivity index (χ2v) is 7.55. The Bertz CT molecular complexity index is 1130. The molecule has 1 aliphatic rings. The number of aromatic nitrogens is 4. The number of imidazole rings is 1. The van der Waals surface area contributed by atoms with Crippen molar-refractivity contribution in [3.63, 3.8) is 0 Å². The number of hydrogen-bond donors (Lipinski definition) is 1. The minimum atomic E-state index is 0. The fraction of sp³-hybridized carbons (Fsp3) is 0.261. The van der Waals surface area contributed by atoms with Crippen LogP contribution in [0.1, 0.15) is 26.2 Å². The first kappa shape index (κ1) is 20.2. The van der Waals surface area contributed by atoms with Gasteiger partial charge < -0.3 is 10.2 Å². The summed E-state index contributed by atoms with van der Waals surface area (Å²) in [4.78, 5) is 11.8. The first-order valence-corrected chi connectivity index (χ1v) is 10.2. The van der Waals surface area contributed by atoms with Crippen molar-refractivity contribution in [3.05, 3.63) is 67.0 Å². The van der Waals surface area contributed by atoms with Crippen LogP contribution in [0.3, 0.4) is 0 Å². The molecule has 154 valence electrons. The second kappa shape index (κ2) is 8.71. The number of anilines is 3. The van der Waals surface area contributed by atoms with Crippen molar-refractivity contribution in [3.8, 4) is 11.3 Å². The molecule has 7 heteroatoms. The highest BCUT2D eigenvalue weighted by atomic mass is 35.5. The van der Waals surface area contributed by atoms with Crippen LogP contribution in [0, 0.1) is 0 Å². The fourth-order valence-corrected chi connectivity index (χ4v) is 3.99. The van der Waals surface area contributed by atoms with Crippen molar-refractivity contribution in [1.29, 1.82) is 0 Å². The Morgan fingerprint density at radius 3 is 2.73 bits per heavy atom. The van der Waals surface area contributed by atoms with E-state index in [1.54, 1.807) is 10.7 Å². The van der Waals surface area contributed by atoms with E-state index in [1.165, 1.54) is 19.3 Å². The highest BCUT2D eigenvalue weighted by molar-refractivity contribution is 5.85. The van der Waals surface area contributed by atoms with E-state index in [0.717, 1.165) is 40.8 Å². The largest absolute Gasteiger partial charge is 0.354 e. The van der Waals surface area contributed by atoms with Gasteiger partial charge in [-0.1, -0.05) is 36.4 Å². The van der Waals surface area contributed by atoms with Crippen LogP contribution in [0.25, 0.3) is 16.9 Å². The molecule has 1 aliphatic heterocycles. The Hall–Kier alpha value is -3.12. The van der Waals surface area contributed by atoms with E-state index in [2.05, 4.69) is 46.4 Å². The minimum absolute atomic E-state index is 0. The molecule has 1 atom stereocenters. The molecule has 1 N–H and O–H groups in total. The van der Waals surface area contributed by atoms with Crippen LogP contribution in [-0.4, -0.2) is 32.2 Å². The van der Waals surface area contributed by atoms with E-state index in [-0.39, 0.29) is 12.4 Å². The maximum Gasteiger partial charge on any atom is 0.177 e. The molecule has 1 aromatic carbocycles. The topological polar surface area (TPSA) is 58.4 Å². The SMILES string of the molecule is CC1CCCCN1c1cccc(Nc2cc(-c3ccccc3)nn3ccnc23)n1.Cl. The van der Waals surface area contributed by atoms with Gasteiger partial charge in [0.05, 0.1) is 11.4 Å². The number of pyridine rings is 1. The molecule has 3 aromatic heterocycles. The molecular formula is C23H25ClN6. The van der Waals surface area contributed by atoms with Crippen molar-refractivity contribution in [1.82, 2.24) is 19.6 Å². The highest BCUT2D eigenvalue weighted by Gasteiger charge is 2.20. The monoisotopic (exact) mass is 420 g/mol. The van der Waals surface area contributed by atoms with Crippen LogP contribution in [0.2, 0.25) is 0 Å². The third-order valence-electron chi connectivity index (χ3n) is 5.52. The number of fused-ring (bicyclic) bond motifs is 1. The minimum Gasteiger partial charge on any atom is -0.354 e. The smallest absolute Gasteiger partial charge is 0.177 e. The number of benzene rings is 1. The van der Waals surface area contributed by atoms with Gasteiger partial charge in [0.2, 0.25) is 0 Å². The molecule has 1 saturated heterocycles. The molecule has 6 nitrogen and oxygen atoms in total. The maximum absolute atomic E-state index is 4.89. The van der Waals surface area contributed by atoms with Crippen molar-refractivity contribution in [2.45, 2.75) is 32.2 Å². The molecule has 0 aliphatic carbocycles. The van der Waals surface area contributed by atoms with Crippen molar-refractivity contribution >= 4 is 35.4 Å². The van der Waals surface area contributed by atoms with Gasteiger partial charge in [-0.05, 0) is 44.4 Å². The summed E-state index contributed by atoms with van der Waals surface area (Å²) in [7, 11) is 0. The van der Waals surface area contributed by atoms with Gasteiger partial charge in [0, 0.05) is 30.5 Å². The van der Waals surface area contributed by atoms with Crippen LogP contribution in [-0.2, 0) is 0 Å². The molecule has 4 heterocycles. The van der Waals surface area contributed by atoms with Crippen LogP contribution >= 0.6 is 12.4 Å². The molecule has 5 rings (SSSR count). The third-order valence-corrected chi connectivity index (χ3v) is 5.52. The first-order valence-electron chi connectivity index (χ1n) is 10.2. The third kappa shape index (κ3) is 3.96. The van der Waals surface area contributed by atoms with E-state index < -0.39 is 0 Å². The van der Waals surface area contributed by atoms with Gasteiger partial charge in [0.25, 0.3) is 0 Å². The second-order valence-electron chi connectivity index (χ2n) is 7.55. The van der Waals surface area contributed by atoms with Crippen LogP contribution in [0.15, 0.2) is 67.0 Å². The van der Waals surface area contributed by atoms with Gasteiger partial charge in [-0.2, -0.15) is 5.10 Å². The molecular weight excluding hydrogens is 396 g/mol. The van der Waals surface area contributed by atoms with Gasteiger partial charge in [0.1, 0.15) is 11.6 Å². The Morgan fingerprint density at radius 2 is 1.90 bits per heavy atom. The number of hydrogen-bond acceptors (Lipinski definition) is 5. The zero-order chi connectivity index (χ0) is 19.6. The summed E-state index contributed by atoms with van der Waals surface area (Å²) >= 11 is 0. The molecule has 1 unspecified atom stereocenters. The number of halogens is 1. The number of rotatable bonds is 4. The van der Waals surface area contributed by atoms with Crippen molar-refractivity contribution in [2.24, 2.45) is 0 Å². The summed E-state index contributed by atoms with van der Waals surface area (Å²) in [5.74, 6) is 1.84. The van der Waals surface area contributed by atoms with Crippen molar-refractivity contribution < 1.29 is 0 Å². The highest BCUT2D eigenvalue weighted by Crippen LogP contribution is 2.28. The Balaban J connectivity index is 0.00000218. The molecule has 0 spiro atoms. The Labute approximate surface area is 182 Å².